The van der Waals surface area contributed by atoms with Crippen LogP contribution in [0.3, 0.4) is 0 Å². The highest BCUT2D eigenvalue weighted by Crippen LogP contribution is 2.33. The van der Waals surface area contributed by atoms with Crippen LogP contribution in [0, 0.1) is 0 Å². The fourth-order valence-electron chi connectivity index (χ4n) is 3.14. The number of nitrogens with zero attached hydrogens (tertiary/aromatic N) is 1. The summed E-state index contributed by atoms with van der Waals surface area (Å²) < 4.78 is 2.00. The molecule has 122 valence electrons. The number of hydrogen-bond donors (Lipinski definition) is 2. The SMILES string of the molecule is O=C(O)c1ccc2c(c1)c1cc(C(=O)O)ccc1n2-c1ccccc1. The molecule has 1 heterocycles. The maximum atomic E-state index is 11.3. The van der Waals surface area contributed by atoms with E-state index < -0.39 is 11.9 Å². The second-order valence-electron chi connectivity index (χ2n) is 5.75. The van der Waals surface area contributed by atoms with E-state index in [-0.39, 0.29) is 11.1 Å². The van der Waals surface area contributed by atoms with Crippen molar-refractivity contribution in [2.24, 2.45) is 0 Å². The summed E-state index contributed by atoms with van der Waals surface area (Å²) in [5.74, 6) is -2.03. The van der Waals surface area contributed by atoms with Crippen molar-refractivity contribution >= 4 is 33.7 Å². The highest BCUT2D eigenvalue weighted by molar-refractivity contribution is 6.12. The Labute approximate surface area is 142 Å². The minimum absolute atomic E-state index is 0.167. The molecule has 25 heavy (non-hydrogen) atoms. The van der Waals surface area contributed by atoms with Crippen molar-refractivity contribution in [2.75, 3.05) is 0 Å². The molecular weight excluding hydrogens is 318 g/mol. The number of aromatic carboxylic acids is 2. The van der Waals surface area contributed by atoms with Crippen LogP contribution in [0.15, 0.2) is 66.7 Å². The van der Waals surface area contributed by atoms with E-state index in [0.29, 0.717) is 10.8 Å². The van der Waals surface area contributed by atoms with Crippen molar-refractivity contribution in [1.82, 2.24) is 4.57 Å². The number of rotatable bonds is 3. The Morgan fingerprint density at radius 2 is 1.16 bits per heavy atom. The van der Waals surface area contributed by atoms with E-state index in [1.165, 1.54) is 0 Å². The molecule has 0 aliphatic rings. The fraction of sp³-hybridized carbons (Fsp3) is 0. The lowest BCUT2D eigenvalue weighted by Gasteiger charge is -2.07. The van der Waals surface area contributed by atoms with Gasteiger partial charge in [0.2, 0.25) is 0 Å². The standard InChI is InChI=1S/C20H13NO4/c22-19(23)12-6-8-17-15(10-12)16-11-13(20(24)25)7-9-18(16)21(17)14-4-2-1-3-5-14/h1-11H,(H,22,23)(H,24,25). The zero-order valence-corrected chi connectivity index (χ0v) is 13.0. The molecule has 0 fully saturated rings. The van der Waals surface area contributed by atoms with Crippen LogP contribution in [0.5, 0.6) is 0 Å². The minimum Gasteiger partial charge on any atom is -0.478 e. The van der Waals surface area contributed by atoms with E-state index >= 15 is 0 Å². The highest BCUT2D eigenvalue weighted by Gasteiger charge is 2.16. The molecule has 0 aliphatic carbocycles. The van der Waals surface area contributed by atoms with Gasteiger partial charge < -0.3 is 14.8 Å². The van der Waals surface area contributed by atoms with Crippen LogP contribution in [0.1, 0.15) is 20.7 Å². The second-order valence-corrected chi connectivity index (χ2v) is 5.75. The van der Waals surface area contributed by atoms with Crippen LogP contribution in [0.4, 0.5) is 0 Å². The van der Waals surface area contributed by atoms with Gasteiger partial charge in [-0.3, -0.25) is 0 Å². The van der Waals surface area contributed by atoms with Gasteiger partial charge in [-0.1, -0.05) is 18.2 Å². The van der Waals surface area contributed by atoms with Crippen LogP contribution >= 0.6 is 0 Å². The monoisotopic (exact) mass is 331 g/mol. The number of fused-ring (bicyclic) bond motifs is 3. The lowest BCUT2D eigenvalue weighted by Crippen LogP contribution is -1.97. The molecule has 0 unspecified atom stereocenters. The quantitative estimate of drug-likeness (QED) is 0.590. The van der Waals surface area contributed by atoms with Crippen LogP contribution in [-0.2, 0) is 0 Å². The lowest BCUT2D eigenvalue weighted by molar-refractivity contribution is 0.0686. The molecule has 4 aromatic rings. The highest BCUT2D eigenvalue weighted by atomic mass is 16.4. The second kappa shape index (κ2) is 5.49. The minimum atomic E-state index is -1.02. The first-order valence-electron chi connectivity index (χ1n) is 7.66. The summed E-state index contributed by atoms with van der Waals surface area (Å²) in [6.07, 6.45) is 0. The largest absolute Gasteiger partial charge is 0.478 e. The molecule has 0 atom stereocenters. The maximum Gasteiger partial charge on any atom is 0.335 e. The fourth-order valence-corrected chi connectivity index (χ4v) is 3.14. The molecule has 0 bridgehead atoms. The Hall–Kier alpha value is -3.60. The summed E-state index contributed by atoms with van der Waals surface area (Å²) in [6, 6.07) is 19.5. The average Bonchev–Trinajstić information content (AvgIpc) is 2.95. The third kappa shape index (κ3) is 2.33. The van der Waals surface area contributed by atoms with Crippen molar-refractivity contribution in [1.29, 1.82) is 0 Å². The molecule has 2 N–H and O–H groups in total. The number of aromatic nitrogens is 1. The Morgan fingerprint density at radius 1 is 0.680 bits per heavy atom. The summed E-state index contributed by atoms with van der Waals surface area (Å²) in [7, 11) is 0. The van der Waals surface area contributed by atoms with E-state index in [4.69, 9.17) is 0 Å². The van der Waals surface area contributed by atoms with E-state index in [2.05, 4.69) is 0 Å². The molecule has 0 aliphatic heterocycles. The Kier molecular flexibility index (Phi) is 3.28. The van der Waals surface area contributed by atoms with Crippen molar-refractivity contribution in [3.8, 4) is 5.69 Å². The van der Waals surface area contributed by atoms with E-state index in [1.807, 2.05) is 34.9 Å². The molecule has 5 heteroatoms. The molecular formula is C20H13NO4. The van der Waals surface area contributed by atoms with Crippen LogP contribution in [0.25, 0.3) is 27.5 Å². The van der Waals surface area contributed by atoms with Gasteiger partial charge in [0.15, 0.2) is 0 Å². The van der Waals surface area contributed by atoms with Gasteiger partial charge in [0.05, 0.1) is 22.2 Å². The number of carbonyl (C=O) groups is 2. The first kappa shape index (κ1) is 15.0. The predicted molar refractivity (Wildman–Crippen MR) is 94.7 cm³/mol. The Bertz CT molecular complexity index is 1070. The van der Waals surface area contributed by atoms with Crippen molar-refractivity contribution < 1.29 is 19.8 Å². The zero-order chi connectivity index (χ0) is 17.6. The molecule has 0 spiro atoms. The van der Waals surface area contributed by atoms with Crippen LogP contribution in [0.2, 0.25) is 0 Å². The first-order valence-corrected chi connectivity index (χ1v) is 7.66. The molecule has 0 saturated carbocycles. The summed E-state index contributed by atoms with van der Waals surface area (Å²) in [5.41, 5.74) is 2.91. The molecule has 3 aromatic carbocycles. The van der Waals surface area contributed by atoms with Gasteiger partial charge in [-0.05, 0) is 48.5 Å². The van der Waals surface area contributed by atoms with Gasteiger partial charge >= 0.3 is 11.9 Å². The van der Waals surface area contributed by atoms with Gasteiger partial charge in [0, 0.05) is 16.5 Å². The molecule has 5 nitrogen and oxygen atoms in total. The number of benzene rings is 3. The normalized spacial score (nSPS) is 11.0. The Balaban J connectivity index is 2.16. The van der Waals surface area contributed by atoms with Crippen LogP contribution < -0.4 is 0 Å². The lowest BCUT2D eigenvalue weighted by atomic mass is 10.1. The Morgan fingerprint density at radius 3 is 1.60 bits per heavy atom. The molecule has 0 saturated heterocycles. The summed E-state index contributed by atoms with van der Waals surface area (Å²) in [4.78, 5) is 22.7. The number of hydrogen-bond acceptors (Lipinski definition) is 2. The number of carboxylic acids is 2. The van der Waals surface area contributed by atoms with Crippen molar-refractivity contribution in [3.05, 3.63) is 77.9 Å². The first-order chi connectivity index (χ1) is 12.1. The molecule has 4 rings (SSSR count). The van der Waals surface area contributed by atoms with Gasteiger partial charge in [-0.2, -0.15) is 0 Å². The molecule has 0 radical (unpaired) electrons. The van der Waals surface area contributed by atoms with Crippen molar-refractivity contribution in [3.63, 3.8) is 0 Å². The van der Waals surface area contributed by atoms with E-state index in [1.54, 1.807) is 36.4 Å². The summed E-state index contributed by atoms with van der Waals surface area (Å²) in [5, 5.41) is 20.0. The number of carboxylic acid groups (broad SMARTS) is 2. The topological polar surface area (TPSA) is 79.5 Å². The third-order valence-electron chi connectivity index (χ3n) is 4.27. The van der Waals surface area contributed by atoms with Crippen molar-refractivity contribution in [2.45, 2.75) is 0 Å². The average molecular weight is 331 g/mol. The summed E-state index contributed by atoms with van der Waals surface area (Å²) in [6.45, 7) is 0. The third-order valence-corrected chi connectivity index (χ3v) is 4.27. The maximum absolute atomic E-state index is 11.3. The van der Waals surface area contributed by atoms with E-state index in [9.17, 15) is 19.8 Å². The molecule has 0 amide bonds. The van der Waals surface area contributed by atoms with Gasteiger partial charge in [0.1, 0.15) is 0 Å². The number of para-hydroxylation sites is 1. The van der Waals surface area contributed by atoms with Gasteiger partial charge in [-0.15, -0.1) is 0 Å². The predicted octanol–water partition coefficient (Wildman–Crippen LogP) is 4.18. The van der Waals surface area contributed by atoms with Gasteiger partial charge in [0.25, 0.3) is 0 Å². The smallest absolute Gasteiger partial charge is 0.335 e. The zero-order valence-electron chi connectivity index (χ0n) is 13.0. The van der Waals surface area contributed by atoms with Gasteiger partial charge in [-0.25, -0.2) is 9.59 Å². The summed E-state index contributed by atoms with van der Waals surface area (Å²) >= 11 is 0. The van der Waals surface area contributed by atoms with E-state index in [0.717, 1.165) is 16.7 Å². The molecule has 1 aromatic heterocycles. The van der Waals surface area contributed by atoms with Crippen LogP contribution in [-0.4, -0.2) is 26.7 Å².